The summed E-state index contributed by atoms with van der Waals surface area (Å²) in [7, 11) is 0. The minimum atomic E-state index is -0.341. The lowest BCUT2D eigenvalue weighted by molar-refractivity contribution is 0.0947. The Hall–Kier alpha value is -2.89. The SMILES string of the molecule is O=C(NCCCOc1ccc(F)cc1)c1cc2cc(F)ccc2[nH]1. The largest absolute Gasteiger partial charge is 0.494 e. The van der Waals surface area contributed by atoms with Crippen LogP contribution in [-0.2, 0) is 0 Å². The second-order valence-electron chi connectivity index (χ2n) is 5.33. The average Bonchev–Trinajstić information content (AvgIpc) is 2.99. The predicted octanol–water partition coefficient (Wildman–Crippen LogP) is 3.65. The van der Waals surface area contributed by atoms with E-state index in [-0.39, 0.29) is 17.5 Å². The van der Waals surface area contributed by atoms with E-state index in [1.165, 1.54) is 24.3 Å². The van der Waals surface area contributed by atoms with Crippen LogP contribution in [0.3, 0.4) is 0 Å². The summed E-state index contributed by atoms with van der Waals surface area (Å²) in [6, 6.07) is 11.7. The van der Waals surface area contributed by atoms with Crippen LogP contribution in [0.2, 0.25) is 0 Å². The third kappa shape index (κ3) is 3.90. The average molecular weight is 330 g/mol. The molecule has 0 aliphatic heterocycles. The number of nitrogens with one attached hydrogen (secondary N) is 2. The molecule has 0 atom stereocenters. The quantitative estimate of drug-likeness (QED) is 0.678. The van der Waals surface area contributed by atoms with E-state index in [9.17, 15) is 13.6 Å². The van der Waals surface area contributed by atoms with E-state index in [2.05, 4.69) is 10.3 Å². The van der Waals surface area contributed by atoms with E-state index < -0.39 is 0 Å². The fourth-order valence-electron chi connectivity index (χ4n) is 2.32. The van der Waals surface area contributed by atoms with Crippen LogP contribution in [0.4, 0.5) is 8.78 Å². The summed E-state index contributed by atoms with van der Waals surface area (Å²) in [6.45, 7) is 0.841. The Morgan fingerprint density at radius 2 is 1.79 bits per heavy atom. The van der Waals surface area contributed by atoms with Crippen molar-refractivity contribution in [1.82, 2.24) is 10.3 Å². The highest BCUT2D eigenvalue weighted by Crippen LogP contribution is 2.16. The van der Waals surface area contributed by atoms with Gasteiger partial charge in [-0.3, -0.25) is 4.79 Å². The van der Waals surface area contributed by atoms with Gasteiger partial charge in [0.15, 0.2) is 0 Å². The van der Waals surface area contributed by atoms with Crippen LogP contribution in [0.1, 0.15) is 16.9 Å². The van der Waals surface area contributed by atoms with Gasteiger partial charge in [-0.2, -0.15) is 0 Å². The van der Waals surface area contributed by atoms with E-state index in [0.29, 0.717) is 41.9 Å². The van der Waals surface area contributed by atoms with Crippen molar-refractivity contribution in [3.05, 3.63) is 65.9 Å². The highest BCUT2D eigenvalue weighted by Gasteiger charge is 2.09. The second-order valence-corrected chi connectivity index (χ2v) is 5.33. The van der Waals surface area contributed by atoms with Crippen molar-refractivity contribution < 1.29 is 18.3 Å². The summed E-state index contributed by atoms with van der Waals surface area (Å²) in [5.41, 5.74) is 1.09. The molecule has 0 saturated heterocycles. The number of carbonyl (C=O) groups excluding carboxylic acids is 1. The predicted molar refractivity (Wildman–Crippen MR) is 87.1 cm³/mol. The van der Waals surface area contributed by atoms with Gasteiger partial charge in [0, 0.05) is 17.4 Å². The summed E-state index contributed by atoms with van der Waals surface area (Å²) >= 11 is 0. The van der Waals surface area contributed by atoms with Crippen LogP contribution in [0.5, 0.6) is 5.75 Å². The van der Waals surface area contributed by atoms with Crippen LogP contribution in [0.25, 0.3) is 10.9 Å². The van der Waals surface area contributed by atoms with Crippen LogP contribution < -0.4 is 10.1 Å². The van der Waals surface area contributed by atoms with E-state index >= 15 is 0 Å². The molecule has 2 aromatic carbocycles. The van der Waals surface area contributed by atoms with E-state index in [0.717, 1.165) is 0 Å². The molecule has 0 aliphatic carbocycles. The Labute approximate surface area is 137 Å². The first-order chi connectivity index (χ1) is 11.6. The monoisotopic (exact) mass is 330 g/mol. The summed E-state index contributed by atoms with van der Waals surface area (Å²) in [5, 5.41) is 3.42. The molecule has 0 saturated carbocycles. The minimum absolute atomic E-state index is 0.256. The molecule has 1 amide bonds. The lowest BCUT2D eigenvalue weighted by Crippen LogP contribution is -2.25. The molecule has 0 unspecified atom stereocenters. The standard InChI is InChI=1S/C18H16F2N2O2/c19-13-2-5-15(6-3-13)24-9-1-8-21-18(23)17-11-12-10-14(20)4-7-16(12)22-17/h2-7,10-11,22H,1,8-9H2,(H,21,23). The van der Waals surface area contributed by atoms with Crippen molar-refractivity contribution in [2.24, 2.45) is 0 Å². The Morgan fingerprint density at radius 3 is 2.58 bits per heavy atom. The molecule has 1 aromatic heterocycles. The number of fused-ring (bicyclic) bond motifs is 1. The number of ether oxygens (including phenoxy) is 1. The minimum Gasteiger partial charge on any atom is -0.494 e. The van der Waals surface area contributed by atoms with Gasteiger partial charge in [-0.05, 0) is 55.0 Å². The van der Waals surface area contributed by atoms with Crippen LogP contribution in [-0.4, -0.2) is 24.0 Å². The van der Waals surface area contributed by atoms with Gasteiger partial charge in [0.2, 0.25) is 0 Å². The van der Waals surface area contributed by atoms with Crippen molar-refractivity contribution in [2.45, 2.75) is 6.42 Å². The van der Waals surface area contributed by atoms with Crippen molar-refractivity contribution in [1.29, 1.82) is 0 Å². The summed E-state index contributed by atoms with van der Waals surface area (Å²) in [4.78, 5) is 15.0. The molecular formula is C18H16F2N2O2. The number of hydrogen-bond acceptors (Lipinski definition) is 2. The zero-order chi connectivity index (χ0) is 16.9. The Kier molecular flexibility index (Phi) is 4.74. The van der Waals surface area contributed by atoms with Gasteiger partial charge < -0.3 is 15.0 Å². The number of halogens is 2. The lowest BCUT2D eigenvalue weighted by atomic mass is 10.2. The molecule has 0 bridgehead atoms. The molecule has 0 radical (unpaired) electrons. The van der Waals surface area contributed by atoms with E-state index in [1.807, 2.05) is 0 Å². The topological polar surface area (TPSA) is 54.1 Å². The highest BCUT2D eigenvalue weighted by atomic mass is 19.1. The van der Waals surface area contributed by atoms with Crippen molar-refractivity contribution in [3.63, 3.8) is 0 Å². The van der Waals surface area contributed by atoms with Crippen LogP contribution in [0, 0.1) is 11.6 Å². The molecular weight excluding hydrogens is 314 g/mol. The molecule has 0 spiro atoms. The first kappa shape index (κ1) is 16.0. The first-order valence-electron chi connectivity index (χ1n) is 7.57. The normalized spacial score (nSPS) is 10.8. The lowest BCUT2D eigenvalue weighted by Gasteiger charge is -2.06. The molecule has 24 heavy (non-hydrogen) atoms. The summed E-state index contributed by atoms with van der Waals surface area (Å²) in [6.07, 6.45) is 0.609. The van der Waals surface area contributed by atoms with Gasteiger partial charge in [0.1, 0.15) is 23.1 Å². The molecule has 0 fully saturated rings. The van der Waals surface area contributed by atoms with Crippen molar-refractivity contribution in [2.75, 3.05) is 13.2 Å². The fraction of sp³-hybridized carbons (Fsp3) is 0.167. The molecule has 1 heterocycles. The highest BCUT2D eigenvalue weighted by molar-refractivity contribution is 5.97. The second kappa shape index (κ2) is 7.12. The maximum Gasteiger partial charge on any atom is 0.267 e. The van der Waals surface area contributed by atoms with E-state index in [4.69, 9.17) is 4.74 Å². The zero-order valence-corrected chi connectivity index (χ0v) is 12.8. The number of hydrogen-bond donors (Lipinski definition) is 2. The van der Waals surface area contributed by atoms with Gasteiger partial charge in [-0.1, -0.05) is 0 Å². The molecule has 3 aromatic rings. The summed E-state index contributed by atoms with van der Waals surface area (Å²) < 4.78 is 31.3. The Morgan fingerprint density at radius 1 is 1.04 bits per heavy atom. The van der Waals surface area contributed by atoms with Crippen LogP contribution in [0.15, 0.2) is 48.5 Å². The molecule has 0 aliphatic rings. The van der Waals surface area contributed by atoms with Crippen molar-refractivity contribution >= 4 is 16.8 Å². The Bertz CT molecular complexity index is 844. The molecule has 4 nitrogen and oxygen atoms in total. The maximum absolute atomic E-state index is 13.1. The molecule has 124 valence electrons. The fourth-order valence-corrected chi connectivity index (χ4v) is 2.32. The van der Waals surface area contributed by atoms with Gasteiger partial charge in [-0.15, -0.1) is 0 Å². The third-order valence-corrected chi connectivity index (χ3v) is 3.52. The van der Waals surface area contributed by atoms with Gasteiger partial charge in [0.05, 0.1) is 6.61 Å². The Balaban J connectivity index is 1.45. The molecule has 3 rings (SSSR count). The number of benzene rings is 2. The number of aromatic amines is 1. The van der Waals surface area contributed by atoms with Crippen molar-refractivity contribution in [3.8, 4) is 5.75 Å². The van der Waals surface area contributed by atoms with E-state index in [1.54, 1.807) is 24.3 Å². The van der Waals surface area contributed by atoms with Gasteiger partial charge in [-0.25, -0.2) is 8.78 Å². The number of rotatable bonds is 6. The number of H-pyrrole nitrogens is 1. The summed E-state index contributed by atoms with van der Waals surface area (Å²) in [5.74, 6) is -0.326. The zero-order valence-electron chi connectivity index (χ0n) is 12.8. The number of carbonyl (C=O) groups is 1. The van der Waals surface area contributed by atoms with Gasteiger partial charge in [0.25, 0.3) is 5.91 Å². The molecule has 2 N–H and O–H groups in total. The molecule has 6 heteroatoms. The van der Waals surface area contributed by atoms with Gasteiger partial charge >= 0.3 is 0 Å². The maximum atomic E-state index is 13.1. The van der Waals surface area contributed by atoms with Crippen LogP contribution >= 0.6 is 0 Å². The third-order valence-electron chi connectivity index (χ3n) is 3.52. The first-order valence-corrected chi connectivity index (χ1v) is 7.57. The smallest absolute Gasteiger partial charge is 0.267 e. The number of amides is 1. The number of aromatic nitrogens is 1.